The average Bonchev–Trinajstić information content (AvgIpc) is 2.30. The van der Waals surface area contributed by atoms with Crippen LogP contribution in [0.5, 0.6) is 0 Å². The van der Waals surface area contributed by atoms with Gasteiger partial charge in [-0.2, -0.15) is 0 Å². The number of aliphatic hydroxyl groups excluding tert-OH is 3. The summed E-state index contributed by atoms with van der Waals surface area (Å²) < 4.78 is 5.27. The zero-order valence-electron chi connectivity index (χ0n) is 7.40. The first-order chi connectivity index (χ1) is 5.56. The molecule has 12 heavy (non-hydrogen) atoms. The summed E-state index contributed by atoms with van der Waals surface area (Å²) in [6.07, 6.45) is -1.17. The Morgan fingerprint density at radius 3 is 2.42 bits per heavy atom. The summed E-state index contributed by atoms with van der Waals surface area (Å²) >= 11 is 0. The molecule has 0 aromatic carbocycles. The molecule has 1 saturated heterocycles. The van der Waals surface area contributed by atoms with Crippen LogP contribution in [-0.4, -0.2) is 54.6 Å². The molecule has 0 aromatic rings. The van der Waals surface area contributed by atoms with Gasteiger partial charge in [0, 0.05) is 5.41 Å². The van der Waals surface area contributed by atoms with E-state index in [9.17, 15) is 5.11 Å². The number of rotatable bonds is 2. The van der Waals surface area contributed by atoms with Gasteiger partial charge in [0.05, 0.1) is 31.4 Å². The Balaban J connectivity index is 2.80. The SMILES string of the molecule is BC1OC(CO)[C@](C)(CO)[C@H]1O. The van der Waals surface area contributed by atoms with E-state index in [2.05, 4.69) is 0 Å². The molecule has 1 aliphatic rings. The molecule has 3 N–H and O–H groups in total. The van der Waals surface area contributed by atoms with Crippen molar-refractivity contribution in [3.63, 3.8) is 0 Å². The molecular weight excluding hydrogens is 159 g/mol. The van der Waals surface area contributed by atoms with Gasteiger partial charge in [-0.15, -0.1) is 0 Å². The van der Waals surface area contributed by atoms with Crippen LogP contribution in [0.15, 0.2) is 0 Å². The van der Waals surface area contributed by atoms with E-state index >= 15 is 0 Å². The van der Waals surface area contributed by atoms with Gasteiger partial charge in [-0.3, -0.25) is 0 Å². The maximum Gasteiger partial charge on any atom is 0.142 e. The molecular formula is C7H15BO4. The third-order valence-corrected chi connectivity index (χ3v) is 2.74. The molecule has 1 aliphatic heterocycles. The van der Waals surface area contributed by atoms with E-state index in [1.807, 2.05) is 0 Å². The average molecular weight is 174 g/mol. The highest BCUT2D eigenvalue weighted by Gasteiger charge is 2.50. The van der Waals surface area contributed by atoms with Gasteiger partial charge >= 0.3 is 0 Å². The van der Waals surface area contributed by atoms with Gasteiger partial charge in [-0.1, -0.05) is 6.92 Å². The molecule has 0 saturated carbocycles. The van der Waals surface area contributed by atoms with Gasteiger partial charge < -0.3 is 20.1 Å². The number of aliphatic hydroxyl groups is 3. The van der Waals surface area contributed by atoms with E-state index in [1.165, 1.54) is 0 Å². The molecule has 2 unspecified atom stereocenters. The van der Waals surface area contributed by atoms with Crippen LogP contribution in [0.4, 0.5) is 0 Å². The van der Waals surface area contributed by atoms with E-state index in [0.717, 1.165) is 0 Å². The lowest BCUT2D eigenvalue weighted by Crippen LogP contribution is -2.43. The monoisotopic (exact) mass is 174 g/mol. The van der Waals surface area contributed by atoms with Crippen LogP contribution in [0.2, 0.25) is 0 Å². The Morgan fingerprint density at radius 2 is 2.08 bits per heavy atom. The molecule has 1 fully saturated rings. The van der Waals surface area contributed by atoms with Gasteiger partial charge in [0.15, 0.2) is 0 Å². The molecule has 0 spiro atoms. The van der Waals surface area contributed by atoms with Crippen molar-refractivity contribution in [3.05, 3.63) is 0 Å². The first kappa shape index (κ1) is 9.99. The minimum absolute atomic E-state index is 0.168. The van der Waals surface area contributed by atoms with E-state index in [-0.39, 0.29) is 19.2 Å². The molecule has 5 heteroatoms. The topological polar surface area (TPSA) is 69.9 Å². The smallest absolute Gasteiger partial charge is 0.142 e. The molecule has 0 amide bonds. The van der Waals surface area contributed by atoms with Crippen LogP contribution in [0.3, 0.4) is 0 Å². The number of hydrogen-bond donors (Lipinski definition) is 3. The Hall–Kier alpha value is -0.0951. The highest BCUT2D eigenvalue weighted by atomic mass is 16.5. The summed E-state index contributed by atoms with van der Waals surface area (Å²) in [6.45, 7) is 1.37. The summed E-state index contributed by atoms with van der Waals surface area (Å²) in [5.41, 5.74) is -0.728. The first-order valence-electron chi connectivity index (χ1n) is 4.11. The Morgan fingerprint density at radius 1 is 1.50 bits per heavy atom. The lowest BCUT2D eigenvalue weighted by molar-refractivity contribution is -0.0300. The predicted molar refractivity (Wildman–Crippen MR) is 45.5 cm³/mol. The maximum absolute atomic E-state index is 9.62. The van der Waals surface area contributed by atoms with E-state index in [0.29, 0.717) is 0 Å². The maximum atomic E-state index is 9.62. The molecule has 0 aliphatic carbocycles. The number of hydrogen-bond acceptors (Lipinski definition) is 4. The molecule has 0 radical (unpaired) electrons. The fourth-order valence-electron chi connectivity index (χ4n) is 1.66. The van der Waals surface area contributed by atoms with Crippen molar-refractivity contribution in [2.75, 3.05) is 13.2 Å². The third kappa shape index (κ3) is 1.27. The molecule has 0 bridgehead atoms. The quantitative estimate of drug-likeness (QED) is 0.411. The minimum atomic E-state index is -0.728. The second kappa shape index (κ2) is 3.34. The lowest BCUT2D eigenvalue weighted by atomic mass is 9.76. The highest BCUT2D eigenvalue weighted by molar-refractivity contribution is 6.11. The van der Waals surface area contributed by atoms with Crippen molar-refractivity contribution in [1.82, 2.24) is 0 Å². The Kier molecular flexibility index (Phi) is 2.78. The zero-order valence-corrected chi connectivity index (χ0v) is 7.40. The zero-order chi connectivity index (χ0) is 9.35. The minimum Gasteiger partial charge on any atom is -0.396 e. The lowest BCUT2D eigenvalue weighted by Gasteiger charge is -2.29. The van der Waals surface area contributed by atoms with Gasteiger partial charge in [-0.25, -0.2) is 0 Å². The van der Waals surface area contributed by atoms with Crippen molar-refractivity contribution in [2.24, 2.45) is 5.41 Å². The van der Waals surface area contributed by atoms with Crippen molar-refractivity contribution in [3.8, 4) is 0 Å². The third-order valence-electron chi connectivity index (χ3n) is 2.74. The van der Waals surface area contributed by atoms with Crippen molar-refractivity contribution in [2.45, 2.75) is 25.1 Å². The summed E-state index contributed by atoms with van der Waals surface area (Å²) in [5.74, 6) is 0. The molecule has 1 rings (SSSR count). The number of ether oxygens (including phenoxy) is 1. The van der Waals surface area contributed by atoms with E-state index in [4.69, 9.17) is 14.9 Å². The largest absolute Gasteiger partial charge is 0.396 e. The van der Waals surface area contributed by atoms with Crippen LogP contribution in [0, 0.1) is 5.41 Å². The summed E-state index contributed by atoms with van der Waals surface area (Å²) in [4.78, 5) is 0. The van der Waals surface area contributed by atoms with Gasteiger partial charge in [0.2, 0.25) is 0 Å². The molecule has 4 nitrogen and oxygen atoms in total. The van der Waals surface area contributed by atoms with Gasteiger partial charge in [0.1, 0.15) is 7.85 Å². The standard InChI is InChI=1S/C7H15BO4/c1-7(3-10)4(2-9)12-6(8)5(7)11/h4-6,9-11H,2-3,8H2,1H3/t4?,5-,6?,7-/m0/s1. The van der Waals surface area contributed by atoms with Crippen LogP contribution < -0.4 is 0 Å². The van der Waals surface area contributed by atoms with Crippen molar-refractivity contribution < 1.29 is 20.1 Å². The normalized spacial score (nSPS) is 48.2. The fraction of sp³-hybridized carbons (Fsp3) is 1.00. The molecule has 0 aromatic heterocycles. The van der Waals surface area contributed by atoms with Crippen LogP contribution >= 0.6 is 0 Å². The predicted octanol–water partition coefficient (Wildman–Crippen LogP) is -2.30. The summed E-state index contributed by atoms with van der Waals surface area (Å²) in [5, 5.41) is 27.6. The fourth-order valence-corrected chi connectivity index (χ4v) is 1.66. The van der Waals surface area contributed by atoms with Crippen LogP contribution in [-0.2, 0) is 4.74 Å². The van der Waals surface area contributed by atoms with E-state index in [1.54, 1.807) is 14.8 Å². The molecule has 1 heterocycles. The Bertz CT molecular complexity index is 165. The first-order valence-corrected chi connectivity index (χ1v) is 4.11. The second-order valence-corrected chi connectivity index (χ2v) is 3.62. The molecule has 70 valence electrons. The van der Waals surface area contributed by atoms with Gasteiger partial charge in [0.25, 0.3) is 0 Å². The second-order valence-electron chi connectivity index (χ2n) is 3.62. The summed E-state index contributed by atoms with van der Waals surface area (Å²) in [7, 11) is 1.73. The highest BCUT2D eigenvalue weighted by Crippen LogP contribution is 2.36. The Labute approximate surface area is 72.6 Å². The van der Waals surface area contributed by atoms with Crippen LogP contribution in [0.1, 0.15) is 6.92 Å². The van der Waals surface area contributed by atoms with Crippen molar-refractivity contribution >= 4 is 7.85 Å². The van der Waals surface area contributed by atoms with E-state index < -0.39 is 17.6 Å². The summed E-state index contributed by atoms with van der Waals surface area (Å²) in [6, 6.07) is -0.320. The van der Waals surface area contributed by atoms with Crippen LogP contribution in [0.25, 0.3) is 0 Å². The van der Waals surface area contributed by atoms with Gasteiger partial charge in [-0.05, 0) is 0 Å². The molecule has 4 atom stereocenters. The van der Waals surface area contributed by atoms with Crippen molar-refractivity contribution in [1.29, 1.82) is 0 Å².